The van der Waals surface area contributed by atoms with Gasteiger partial charge in [0, 0.05) is 13.0 Å². The van der Waals surface area contributed by atoms with Crippen LogP contribution < -0.4 is 10.6 Å². The van der Waals surface area contributed by atoms with E-state index in [4.69, 9.17) is 0 Å². The maximum absolute atomic E-state index is 12.9. The van der Waals surface area contributed by atoms with Gasteiger partial charge in [-0.1, -0.05) is 37.3 Å². The highest BCUT2D eigenvalue weighted by Crippen LogP contribution is 2.27. The second-order valence-corrected chi connectivity index (χ2v) is 6.47. The van der Waals surface area contributed by atoms with Crippen molar-refractivity contribution in [2.45, 2.75) is 56.4 Å². The van der Waals surface area contributed by atoms with E-state index in [-0.39, 0.29) is 18.9 Å². The Morgan fingerprint density at radius 3 is 2.71 bits per heavy atom. The highest BCUT2D eigenvalue weighted by Gasteiger charge is 2.48. The molecule has 6 heteroatoms. The van der Waals surface area contributed by atoms with Crippen LogP contribution in [-0.4, -0.2) is 53.1 Å². The van der Waals surface area contributed by atoms with Gasteiger partial charge in [0.2, 0.25) is 5.91 Å². The summed E-state index contributed by atoms with van der Waals surface area (Å²) in [6, 6.07) is 9.14. The first kappa shape index (κ1) is 18.8. The number of carbonyl (C=O) groups excluding carboxylic acids is 1. The molecule has 4 atom stereocenters. The zero-order chi connectivity index (χ0) is 17.6. The van der Waals surface area contributed by atoms with Gasteiger partial charge in [-0.2, -0.15) is 0 Å². The Hall–Kier alpha value is -1.50. The molecule has 1 aliphatic rings. The van der Waals surface area contributed by atoms with Gasteiger partial charge in [0.15, 0.2) is 0 Å². The maximum Gasteiger partial charge on any atom is 0.220 e. The van der Waals surface area contributed by atoms with E-state index >= 15 is 0 Å². The van der Waals surface area contributed by atoms with Gasteiger partial charge in [-0.15, -0.1) is 0 Å². The minimum absolute atomic E-state index is 0.193. The maximum atomic E-state index is 12.9. The first-order valence-corrected chi connectivity index (χ1v) is 8.53. The average molecular weight is 338 g/mol. The van der Waals surface area contributed by atoms with Gasteiger partial charge >= 0.3 is 0 Å². The molecule has 0 spiro atoms. The number of hydrogen-bond acceptors (Lipinski definition) is 4. The molecular weight excluding hydrogens is 311 g/mol. The van der Waals surface area contributed by atoms with Gasteiger partial charge in [0.05, 0.1) is 11.6 Å². The van der Waals surface area contributed by atoms with Gasteiger partial charge in [0.1, 0.15) is 18.9 Å². The monoisotopic (exact) mass is 338 g/mol. The predicted molar refractivity (Wildman–Crippen MR) is 90.3 cm³/mol. The molecule has 1 aromatic carbocycles. The van der Waals surface area contributed by atoms with Crippen LogP contribution in [0.3, 0.4) is 0 Å². The second kappa shape index (κ2) is 8.55. The van der Waals surface area contributed by atoms with Crippen molar-refractivity contribution < 1.29 is 19.4 Å². The number of amides is 1. The quantitative estimate of drug-likeness (QED) is 0.596. The highest BCUT2D eigenvalue weighted by atomic mass is 19.1. The van der Waals surface area contributed by atoms with Crippen molar-refractivity contribution >= 4 is 5.91 Å². The Balaban J connectivity index is 2.07. The summed E-state index contributed by atoms with van der Waals surface area (Å²) >= 11 is 0. The molecule has 134 valence electrons. The minimum Gasteiger partial charge on any atom is -0.389 e. The van der Waals surface area contributed by atoms with Crippen LogP contribution in [0.25, 0.3) is 0 Å². The van der Waals surface area contributed by atoms with Crippen molar-refractivity contribution in [3.8, 4) is 0 Å². The number of carbonyl (C=O) groups is 1. The Kier molecular flexibility index (Phi) is 6.71. The number of aryl methyl sites for hydroxylation is 1. The van der Waals surface area contributed by atoms with Crippen LogP contribution in [0, 0.1) is 0 Å². The molecule has 5 nitrogen and oxygen atoms in total. The predicted octanol–water partition coefficient (Wildman–Crippen LogP) is 0.937. The van der Waals surface area contributed by atoms with Gasteiger partial charge in [-0.05, 0) is 24.8 Å². The number of hydrogen-bond donors (Lipinski definition) is 4. The molecule has 2 rings (SSSR count). The number of piperidine rings is 1. The van der Waals surface area contributed by atoms with E-state index in [9.17, 15) is 19.4 Å². The van der Waals surface area contributed by atoms with Crippen molar-refractivity contribution in [1.82, 2.24) is 10.6 Å². The first-order valence-electron chi connectivity index (χ1n) is 8.53. The third kappa shape index (κ3) is 4.32. The number of halogens is 1. The van der Waals surface area contributed by atoms with Crippen molar-refractivity contribution in [2.24, 2.45) is 0 Å². The van der Waals surface area contributed by atoms with Gasteiger partial charge in [0.25, 0.3) is 0 Å². The molecule has 1 saturated heterocycles. The standard InChI is InChI=1S/C18H27FN2O3/c1-2-15(22)21-18(10-6-9-13-7-4-3-5-8-13)12-20-14(11-19)16(23)17(18)24/h3-5,7-8,14,16-17,20,23-24H,2,6,9-12H2,1H3,(H,21,22)/t14-,16-,17+,18+/m1/s1. The van der Waals surface area contributed by atoms with Gasteiger partial charge in [-0.3, -0.25) is 4.79 Å². The first-order chi connectivity index (χ1) is 11.5. The average Bonchev–Trinajstić information content (AvgIpc) is 2.60. The smallest absolute Gasteiger partial charge is 0.220 e. The summed E-state index contributed by atoms with van der Waals surface area (Å²) in [6.45, 7) is 1.21. The number of aliphatic hydroxyl groups excluding tert-OH is 2. The molecule has 4 N–H and O–H groups in total. The minimum atomic E-state index is -1.25. The molecule has 0 saturated carbocycles. The van der Waals surface area contributed by atoms with Crippen molar-refractivity contribution in [3.63, 3.8) is 0 Å². The van der Waals surface area contributed by atoms with Crippen molar-refractivity contribution in [1.29, 1.82) is 0 Å². The fourth-order valence-electron chi connectivity index (χ4n) is 3.27. The SMILES string of the molecule is CCC(=O)N[C@@]1(CCCc2ccccc2)CN[C@H](CF)[C@@H](O)[C@@H]1O. The van der Waals surface area contributed by atoms with Crippen molar-refractivity contribution in [3.05, 3.63) is 35.9 Å². The van der Waals surface area contributed by atoms with E-state index < -0.39 is 30.5 Å². The lowest BCUT2D eigenvalue weighted by atomic mass is 9.78. The molecule has 24 heavy (non-hydrogen) atoms. The Labute approximate surface area is 142 Å². The molecule has 1 aromatic rings. The fourth-order valence-corrected chi connectivity index (χ4v) is 3.27. The van der Waals surface area contributed by atoms with Crippen LogP contribution >= 0.6 is 0 Å². The van der Waals surface area contributed by atoms with Gasteiger partial charge in [-0.25, -0.2) is 4.39 Å². The van der Waals surface area contributed by atoms with E-state index in [1.165, 1.54) is 5.56 Å². The van der Waals surface area contributed by atoms with Crippen molar-refractivity contribution in [2.75, 3.05) is 13.2 Å². The third-order valence-corrected chi connectivity index (χ3v) is 4.79. The largest absolute Gasteiger partial charge is 0.389 e. The second-order valence-electron chi connectivity index (χ2n) is 6.47. The molecule has 0 aliphatic carbocycles. The van der Waals surface area contributed by atoms with Crippen LogP contribution in [0.1, 0.15) is 31.7 Å². The van der Waals surface area contributed by atoms with Crippen LogP contribution in [0.2, 0.25) is 0 Å². The molecule has 0 bridgehead atoms. The lowest BCUT2D eigenvalue weighted by molar-refractivity contribution is -0.131. The normalized spacial score (nSPS) is 30.1. The van der Waals surface area contributed by atoms with E-state index in [2.05, 4.69) is 10.6 Å². The lowest BCUT2D eigenvalue weighted by Crippen LogP contribution is -2.73. The van der Waals surface area contributed by atoms with Crippen LogP contribution in [0.5, 0.6) is 0 Å². The zero-order valence-corrected chi connectivity index (χ0v) is 14.0. The number of rotatable bonds is 7. The Bertz CT molecular complexity index is 528. The topological polar surface area (TPSA) is 81.6 Å². The molecule has 0 radical (unpaired) electrons. The molecule has 1 fully saturated rings. The summed E-state index contributed by atoms with van der Waals surface area (Å²) in [7, 11) is 0. The zero-order valence-electron chi connectivity index (χ0n) is 14.0. The van der Waals surface area contributed by atoms with Crippen LogP contribution in [0.15, 0.2) is 30.3 Å². The van der Waals surface area contributed by atoms with E-state index in [0.717, 1.165) is 12.8 Å². The summed E-state index contributed by atoms with van der Waals surface area (Å²) in [4.78, 5) is 11.9. The number of alkyl halides is 1. The summed E-state index contributed by atoms with van der Waals surface area (Å²) in [5.41, 5.74) is 0.197. The molecular formula is C18H27FN2O3. The van der Waals surface area contributed by atoms with E-state index in [1.54, 1.807) is 6.92 Å². The third-order valence-electron chi connectivity index (χ3n) is 4.79. The van der Waals surface area contributed by atoms with E-state index in [0.29, 0.717) is 6.42 Å². The molecule has 0 aromatic heterocycles. The molecule has 1 heterocycles. The Morgan fingerprint density at radius 1 is 1.38 bits per heavy atom. The summed E-state index contributed by atoms with van der Waals surface area (Å²) in [5, 5.41) is 26.5. The highest BCUT2D eigenvalue weighted by molar-refractivity contribution is 5.76. The lowest BCUT2D eigenvalue weighted by Gasteiger charge is -2.47. The molecule has 1 aliphatic heterocycles. The summed E-state index contributed by atoms with van der Waals surface area (Å²) in [6.07, 6.45) is -0.128. The van der Waals surface area contributed by atoms with Crippen LogP contribution in [0.4, 0.5) is 4.39 Å². The molecule has 0 unspecified atom stereocenters. The summed E-state index contributed by atoms with van der Waals surface area (Å²) in [5.74, 6) is -0.193. The summed E-state index contributed by atoms with van der Waals surface area (Å²) < 4.78 is 12.9. The number of aliphatic hydroxyl groups is 2. The Morgan fingerprint density at radius 2 is 2.08 bits per heavy atom. The number of nitrogens with one attached hydrogen (secondary N) is 2. The fraction of sp³-hybridized carbons (Fsp3) is 0.611. The van der Waals surface area contributed by atoms with Crippen LogP contribution in [-0.2, 0) is 11.2 Å². The number of benzene rings is 1. The van der Waals surface area contributed by atoms with E-state index in [1.807, 2.05) is 30.3 Å². The molecule has 1 amide bonds. The van der Waals surface area contributed by atoms with Gasteiger partial charge < -0.3 is 20.8 Å².